The molecule has 1 unspecified atom stereocenters. The van der Waals surface area contributed by atoms with E-state index >= 15 is 0 Å². The number of para-hydroxylation sites is 1. The van der Waals surface area contributed by atoms with E-state index < -0.39 is 0 Å². The Morgan fingerprint density at radius 1 is 1.00 bits per heavy atom. The molecule has 1 atom stereocenters. The highest BCUT2D eigenvalue weighted by molar-refractivity contribution is 5.95. The molecule has 126 valence electrons. The van der Waals surface area contributed by atoms with Crippen LogP contribution in [-0.2, 0) is 9.59 Å². The average molecular weight is 324 g/mol. The molecule has 4 nitrogen and oxygen atoms in total. The Labute approximate surface area is 143 Å². The van der Waals surface area contributed by atoms with Crippen molar-refractivity contribution in [1.82, 2.24) is 4.90 Å². The van der Waals surface area contributed by atoms with E-state index in [4.69, 9.17) is 0 Å². The van der Waals surface area contributed by atoms with Gasteiger partial charge in [0.25, 0.3) is 0 Å². The minimum Gasteiger partial charge on any atom is -0.327 e. The normalized spacial score (nSPS) is 11.7. The number of rotatable bonds is 5. The largest absolute Gasteiger partial charge is 0.327 e. The third-order valence-electron chi connectivity index (χ3n) is 4.21. The van der Waals surface area contributed by atoms with E-state index in [1.165, 1.54) is 6.92 Å². The minimum atomic E-state index is -0.189. The summed E-state index contributed by atoms with van der Waals surface area (Å²) < 4.78 is 0. The fourth-order valence-electron chi connectivity index (χ4n) is 2.78. The minimum absolute atomic E-state index is 0.0270. The molecule has 0 aliphatic carbocycles. The Kier molecular flexibility index (Phi) is 5.74. The summed E-state index contributed by atoms with van der Waals surface area (Å²) in [6, 6.07) is 15.4. The van der Waals surface area contributed by atoms with Gasteiger partial charge in [0.1, 0.15) is 6.54 Å². The molecule has 2 amide bonds. The Hall–Kier alpha value is -2.62. The van der Waals surface area contributed by atoms with E-state index in [2.05, 4.69) is 5.32 Å². The molecule has 4 heteroatoms. The van der Waals surface area contributed by atoms with Crippen LogP contribution in [0, 0.1) is 13.8 Å². The highest BCUT2D eigenvalue weighted by Crippen LogP contribution is 2.22. The Morgan fingerprint density at radius 2 is 1.58 bits per heavy atom. The summed E-state index contributed by atoms with van der Waals surface area (Å²) in [5.74, 6) is -0.312. The van der Waals surface area contributed by atoms with Crippen LogP contribution in [-0.4, -0.2) is 23.3 Å². The van der Waals surface area contributed by atoms with Gasteiger partial charge in [0.15, 0.2) is 0 Å². The highest BCUT2D eigenvalue weighted by Gasteiger charge is 2.21. The molecular formula is C20H24N2O2. The number of aryl methyl sites for hydroxylation is 2. The van der Waals surface area contributed by atoms with Crippen molar-refractivity contribution in [2.24, 2.45) is 0 Å². The Bertz CT molecular complexity index is 705. The van der Waals surface area contributed by atoms with Crippen LogP contribution in [0.3, 0.4) is 0 Å². The van der Waals surface area contributed by atoms with E-state index in [0.717, 1.165) is 22.4 Å². The first-order valence-corrected chi connectivity index (χ1v) is 8.08. The first kappa shape index (κ1) is 17.7. The molecule has 0 aliphatic rings. The van der Waals surface area contributed by atoms with Gasteiger partial charge < -0.3 is 10.2 Å². The van der Waals surface area contributed by atoms with Crippen molar-refractivity contribution in [2.45, 2.75) is 33.7 Å². The van der Waals surface area contributed by atoms with Gasteiger partial charge in [-0.2, -0.15) is 0 Å². The average Bonchev–Trinajstić information content (AvgIpc) is 2.56. The molecule has 2 rings (SSSR count). The fraction of sp³-hybridized carbons (Fsp3) is 0.300. The van der Waals surface area contributed by atoms with E-state index in [1.807, 2.05) is 69.3 Å². The van der Waals surface area contributed by atoms with Crippen molar-refractivity contribution >= 4 is 17.5 Å². The van der Waals surface area contributed by atoms with Crippen LogP contribution in [0.15, 0.2) is 48.5 Å². The fourth-order valence-corrected chi connectivity index (χ4v) is 2.78. The van der Waals surface area contributed by atoms with Gasteiger partial charge in [0.05, 0.1) is 6.04 Å². The van der Waals surface area contributed by atoms with Gasteiger partial charge in [-0.3, -0.25) is 9.59 Å². The van der Waals surface area contributed by atoms with Crippen LogP contribution >= 0.6 is 0 Å². The molecule has 0 bridgehead atoms. The number of anilines is 1. The number of nitrogens with zero attached hydrogens (tertiary/aromatic N) is 1. The maximum absolute atomic E-state index is 12.5. The molecular weight excluding hydrogens is 300 g/mol. The summed E-state index contributed by atoms with van der Waals surface area (Å²) >= 11 is 0. The van der Waals surface area contributed by atoms with Gasteiger partial charge in [-0.15, -0.1) is 0 Å². The zero-order valence-electron chi connectivity index (χ0n) is 14.7. The number of amides is 2. The zero-order valence-corrected chi connectivity index (χ0v) is 14.7. The standard InChI is InChI=1S/C20H24N2O2/c1-14-9-8-10-15(2)20(14)21-19(24)13-22(17(4)23)16(3)18-11-6-5-7-12-18/h5-12,16H,13H2,1-4H3,(H,21,24). The lowest BCUT2D eigenvalue weighted by Gasteiger charge is -2.28. The monoisotopic (exact) mass is 324 g/mol. The van der Waals surface area contributed by atoms with Crippen molar-refractivity contribution in [3.05, 3.63) is 65.2 Å². The van der Waals surface area contributed by atoms with E-state index in [9.17, 15) is 9.59 Å². The molecule has 0 saturated carbocycles. The van der Waals surface area contributed by atoms with Gasteiger partial charge in [-0.1, -0.05) is 48.5 Å². The van der Waals surface area contributed by atoms with Crippen molar-refractivity contribution in [3.8, 4) is 0 Å². The Morgan fingerprint density at radius 3 is 2.12 bits per heavy atom. The smallest absolute Gasteiger partial charge is 0.244 e. The molecule has 0 radical (unpaired) electrons. The number of nitrogens with one attached hydrogen (secondary N) is 1. The SMILES string of the molecule is CC(=O)N(CC(=O)Nc1c(C)cccc1C)C(C)c1ccccc1. The molecule has 2 aromatic rings. The molecule has 0 aromatic heterocycles. The molecule has 0 aliphatic heterocycles. The van der Waals surface area contributed by atoms with Crippen molar-refractivity contribution in [2.75, 3.05) is 11.9 Å². The van der Waals surface area contributed by atoms with E-state index in [-0.39, 0.29) is 24.4 Å². The quantitative estimate of drug-likeness (QED) is 0.908. The van der Waals surface area contributed by atoms with Crippen molar-refractivity contribution in [1.29, 1.82) is 0 Å². The van der Waals surface area contributed by atoms with Gasteiger partial charge in [-0.05, 0) is 37.5 Å². The van der Waals surface area contributed by atoms with Gasteiger partial charge >= 0.3 is 0 Å². The van der Waals surface area contributed by atoms with Crippen LogP contribution in [0.1, 0.15) is 36.6 Å². The van der Waals surface area contributed by atoms with E-state index in [1.54, 1.807) is 4.90 Å². The highest BCUT2D eigenvalue weighted by atomic mass is 16.2. The molecule has 0 spiro atoms. The van der Waals surface area contributed by atoms with Gasteiger partial charge in [-0.25, -0.2) is 0 Å². The summed E-state index contributed by atoms with van der Waals surface area (Å²) in [5.41, 5.74) is 3.84. The first-order valence-electron chi connectivity index (χ1n) is 8.08. The predicted octanol–water partition coefficient (Wildman–Crippen LogP) is 3.85. The maximum Gasteiger partial charge on any atom is 0.244 e. The first-order chi connectivity index (χ1) is 11.4. The van der Waals surface area contributed by atoms with Crippen LogP contribution in [0.4, 0.5) is 5.69 Å². The second-order valence-electron chi connectivity index (χ2n) is 6.05. The Balaban J connectivity index is 2.13. The molecule has 1 N–H and O–H groups in total. The summed E-state index contributed by atoms with van der Waals surface area (Å²) in [5, 5.41) is 2.94. The maximum atomic E-state index is 12.5. The molecule has 0 heterocycles. The van der Waals surface area contributed by atoms with E-state index in [0.29, 0.717) is 0 Å². The number of hydrogen-bond acceptors (Lipinski definition) is 2. The van der Waals surface area contributed by atoms with Crippen LogP contribution in [0.2, 0.25) is 0 Å². The topological polar surface area (TPSA) is 49.4 Å². The summed E-state index contributed by atoms with van der Waals surface area (Å²) in [6.45, 7) is 7.36. The summed E-state index contributed by atoms with van der Waals surface area (Å²) in [4.78, 5) is 26.1. The summed E-state index contributed by atoms with van der Waals surface area (Å²) in [7, 11) is 0. The third kappa shape index (κ3) is 4.22. The second kappa shape index (κ2) is 7.77. The summed E-state index contributed by atoms with van der Waals surface area (Å²) in [6.07, 6.45) is 0. The molecule has 0 fully saturated rings. The lowest BCUT2D eigenvalue weighted by molar-refractivity contribution is -0.134. The third-order valence-corrected chi connectivity index (χ3v) is 4.21. The number of carbonyl (C=O) groups excluding carboxylic acids is 2. The van der Waals surface area contributed by atoms with Crippen molar-refractivity contribution in [3.63, 3.8) is 0 Å². The second-order valence-corrected chi connectivity index (χ2v) is 6.05. The van der Waals surface area contributed by atoms with Crippen LogP contribution in [0.25, 0.3) is 0 Å². The van der Waals surface area contributed by atoms with Gasteiger partial charge in [0, 0.05) is 12.6 Å². The molecule has 2 aromatic carbocycles. The lowest BCUT2D eigenvalue weighted by Crippen LogP contribution is -2.38. The van der Waals surface area contributed by atoms with Gasteiger partial charge in [0.2, 0.25) is 11.8 Å². The molecule has 0 saturated heterocycles. The number of benzene rings is 2. The van der Waals surface area contributed by atoms with Crippen LogP contribution < -0.4 is 5.32 Å². The number of hydrogen-bond donors (Lipinski definition) is 1. The lowest BCUT2D eigenvalue weighted by atomic mass is 10.1. The van der Waals surface area contributed by atoms with Crippen LogP contribution in [0.5, 0.6) is 0 Å². The van der Waals surface area contributed by atoms with Crippen molar-refractivity contribution < 1.29 is 9.59 Å². The number of carbonyl (C=O) groups is 2. The molecule has 24 heavy (non-hydrogen) atoms. The predicted molar refractivity (Wildman–Crippen MR) is 96.8 cm³/mol. The zero-order chi connectivity index (χ0) is 17.7.